The Morgan fingerprint density at radius 3 is 2.25 bits per heavy atom. The number of aromatic nitrogens is 2. The Morgan fingerprint density at radius 1 is 1.10 bits per heavy atom. The molecule has 5 nitrogen and oxygen atoms in total. The average molecular weight is 332 g/mol. The minimum absolute atomic E-state index is 0.204. The van der Waals surface area contributed by atoms with E-state index >= 15 is 0 Å². The molecule has 0 aromatic carbocycles. The van der Waals surface area contributed by atoms with Crippen molar-refractivity contribution in [1.82, 2.24) is 9.97 Å². The molecule has 8 heteroatoms. The number of rotatable bonds is 7. The summed E-state index contributed by atoms with van der Waals surface area (Å²) >= 11 is 3.06. The van der Waals surface area contributed by atoms with Crippen LogP contribution in [0.25, 0.3) is 10.0 Å². The summed E-state index contributed by atoms with van der Waals surface area (Å²) in [5, 5.41) is 5.61. The van der Waals surface area contributed by atoms with E-state index in [-0.39, 0.29) is 6.16 Å². The van der Waals surface area contributed by atoms with Gasteiger partial charge in [0.05, 0.1) is 25.1 Å². The molecule has 0 aliphatic rings. The number of hydrogen-bond donors (Lipinski definition) is 0. The van der Waals surface area contributed by atoms with Crippen LogP contribution in [0.4, 0.5) is 0 Å². The minimum atomic E-state index is -3.09. The van der Waals surface area contributed by atoms with Crippen LogP contribution in [0.5, 0.6) is 0 Å². The second-order valence-electron chi connectivity index (χ2n) is 4.04. The summed E-state index contributed by atoms with van der Waals surface area (Å²) in [6, 6.07) is 0. The van der Waals surface area contributed by atoms with Gasteiger partial charge >= 0.3 is 7.60 Å². The lowest BCUT2D eigenvalue weighted by Gasteiger charge is -2.15. The highest BCUT2D eigenvalue weighted by atomic mass is 32.1. The van der Waals surface area contributed by atoms with Gasteiger partial charge in [-0.1, -0.05) is 0 Å². The summed E-state index contributed by atoms with van der Waals surface area (Å²) in [5.74, 6) is 0. The Kier molecular flexibility index (Phi) is 5.46. The van der Waals surface area contributed by atoms with Crippen LogP contribution in [0.3, 0.4) is 0 Å². The maximum Gasteiger partial charge on any atom is 0.336 e. The average Bonchev–Trinajstić information content (AvgIpc) is 2.98. The number of aryl methyl sites for hydroxylation is 1. The molecule has 0 spiro atoms. The molecule has 0 amide bonds. The van der Waals surface area contributed by atoms with Crippen LogP contribution in [0.2, 0.25) is 0 Å². The smallest absolute Gasteiger partial charge is 0.309 e. The fourth-order valence-corrected chi connectivity index (χ4v) is 5.04. The Bertz CT molecular complexity index is 601. The van der Waals surface area contributed by atoms with E-state index in [4.69, 9.17) is 9.05 Å². The van der Waals surface area contributed by atoms with Crippen molar-refractivity contribution in [2.45, 2.75) is 26.9 Å². The van der Waals surface area contributed by atoms with E-state index in [1.54, 1.807) is 25.2 Å². The van der Waals surface area contributed by atoms with Crippen molar-refractivity contribution < 1.29 is 13.6 Å². The molecule has 110 valence electrons. The summed E-state index contributed by atoms with van der Waals surface area (Å²) in [7, 11) is -3.09. The number of hydrogen-bond acceptors (Lipinski definition) is 7. The molecule has 0 fully saturated rings. The van der Waals surface area contributed by atoms with Crippen molar-refractivity contribution >= 4 is 30.3 Å². The van der Waals surface area contributed by atoms with Crippen LogP contribution in [0.15, 0.2) is 10.8 Å². The summed E-state index contributed by atoms with van der Waals surface area (Å²) in [6.07, 6.45) is 0.204. The van der Waals surface area contributed by atoms with E-state index < -0.39 is 7.60 Å². The molecule has 2 aromatic rings. The van der Waals surface area contributed by atoms with Crippen LogP contribution in [-0.4, -0.2) is 23.2 Å². The van der Waals surface area contributed by atoms with Gasteiger partial charge in [-0.05, 0) is 20.8 Å². The molecule has 2 heterocycles. The quantitative estimate of drug-likeness (QED) is 0.706. The first-order valence-corrected chi connectivity index (χ1v) is 9.80. The van der Waals surface area contributed by atoms with Crippen LogP contribution >= 0.6 is 30.3 Å². The van der Waals surface area contributed by atoms with Crippen molar-refractivity contribution in [2.24, 2.45) is 0 Å². The zero-order valence-electron chi connectivity index (χ0n) is 11.7. The van der Waals surface area contributed by atoms with Crippen LogP contribution < -0.4 is 0 Å². The predicted octanol–water partition coefficient (Wildman–Crippen LogP) is 4.34. The van der Waals surface area contributed by atoms with Gasteiger partial charge in [-0.25, -0.2) is 9.97 Å². The lowest BCUT2D eigenvalue weighted by Crippen LogP contribution is -1.99. The molecule has 0 saturated carbocycles. The second kappa shape index (κ2) is 6.91. The molecule has 0 aliphatic heterocycles. The predicted molar refractivity (Wildman–Crippen MR) is 82.5 cm³/mol. The summed E-state index contributed by atoms with van der Waals surface area (Å²) in [6.45, 7) is 6.28. The number of thiazole rings is 2. The maximum absolute atomic E-state index is 12.4. The van der Waals surface area contributed by atoms with Gasteiger partial charge < -0.3 is 9.05 Å². The van der Waals surface area contributed by atoms with Crippen LogP contribution in [0.1, 0.15) is 25.2 Å². The van der Waals surface area contributed by atoms with Gasteiger partial charge in [0, 0.05) is 16.5 Å². The third-order valence-electron chi connectivity index (χ3n) is 2.36. The SMILES string of the molecule is CCOP(=O)(Cc1csc(-c2nc(C)cs2)n1)OCC. The van der Waals surface area contributed by atoms with Crippen molar-refractivity contribution in [3.05, 3.63) is 22.1 Å². The Morgan fingerprint density at radius 2 is 1.70 bits per heavy atom. The normalized spacial score (nSPS) is 11.9. The lowest BCUT2D eigenvalue weighted by atomic mass is 10.5. The summed E-state index contributed by atoms with van der Waals surface area (Å²) < 4.78 is 23.0. The first-order valence-electron chi connectivity index (χ1n) is 6.31. The molecular formula is C12H17N2O3PS2. The molecule has 0 unspecified atom stereocenters. The highest BCUT2D eigenvalue weighted by molar-refractivity contribution is 7.53. The minimum Gasteiger partial charge on any atom is -0.309 e. The monoisotopic (exact) mass is 332 g/mol. The molecule has 20 heavy (non-hydrogen) atoms. The maximum atomic E-state index is 12.4. The van der Waals surface area contributed by atoms with Gasteiger partial charge in [0.2, 0.25) is 0 Å². The van der Waals surface area contributed by atoms with Gasteiger partial charge in [-0.15, -0.1) is 22.7 Å². The molecule has 0 saturated heterocycles. The fraction of sp³-hybridized carbons (Fsp3) is 0.500. The zero-order valence-corrected chi connectivity index (χ0v) is 14.2. The molecule has 0 atom stereocenters. The fourth-order valence-electron chi connectivity index (χ4n) is 1.65. The highest BCUT2D eigenvalue weighted by Crippen LogP contribution is 2.51. The van der Waals surface area contributed by atoms with Crippen molar-refractivity contribution in [3.63, 3.8) is 0 Å². The molecule has 2 rings (SSSR count). The van der Waals surface area contributed by atoms with E-state index in [0.717, 1.165) is 21.4 Å². The Labute approximate surface area is 126 Å². The van der Waals surface area contributed by atoms with Gasteiger partial charge in [0.15, 0.2) is 10.0 Å². The largest absolute Gasteiger partial charge is 0.336 e. The molecule has 0 aliphatic carbocycles. The lowest BCUT2D eigenvalue weighted by molar-refractivity contribution is 0.219. The van der Waals surface area contributed by atoms with Gasteiger partial charge in [0.25, 0.3) is 0 Å². The molecule has 0 radical (unpaired) electrons. The molecule has 2 aromatic heterocycles. The number of nitrogens with zero attached hydrogens (tertiary/aromatic N) is 2. The van der Waals surface area contributed by atoms with Crippen LogP contribution in [0, 0.1) is 6.92 Å². The van der Waals surface area contributed by atoms with Gasteiger partial charge in [0.1, 0.15) is 0 Å². The van der Waals surface area contributed by atoms with E-state index in [0.29, 0.717) is 13.2 Å². The van der Waals surface area contributed by atoms with Crippen molar-refractivity contribution in [2.75, 3.05) is 13.2 Å². The van der Waals surface area contributed by atoms with E-state index in [1.807, 2.05) is 17.7 Å². The Balaban J connectivity index is 2.14. The highest BCUT2D eigenvalue weighted by Gasteiger charge is 2.25. The first kappa shape index (κ1) is 15.8. The topological polar surface area (TPSA) is 61.3 Å². The molecule has 0 N–H and O–H groups in total. The Hall–Kier alpha value is -0.590. The third-order valence-corrected chi connectivity index (χ3v) is 6.37. The molecular weight excluding hydrogens is 315 g/mol. The molecule has 0 bridgehead atoms. The third kappa shape index (κ3) is 3.96. The van der Waals surface area contributed by atoms with Crippen molar-refractivity contribution in [3.8, 4) is 10.0 Å². The van der Waals surface area contributed by atoms with E-state index in [1.165, 1.54) is 11.3 Å². The van der Waals surface area contributed by atoms with Crippen LogP contribution in [-0.2, 0) is 19.8 Å². The van der Waals surface area contributed by atoms with E-state index in [2.05, 4.69) is 9.97 Å². The van der Waals surface area contributed by atoms with Gasteiger partial charge in [-0.3, -0.25) is 4.57 Å². The summed E-state index contributed by atoms with van der Waals surface area (Å²) in [5.41, 5.74) is 1.71. The second-order valence-corrected chi connectivity index (χ2v) is 7.81. The first-order chi connectivity index (χ1) is 9.56. The summed E-state index contributed by atoms with van der Waals surface area (Å²) in [4.78, 5) is 8.88. The van der Waals surface area contributed by atoms with Crippen molar-refractivity contribution in [1.29, 1.82) is 0 Å². The zero-order chi connectivity index (χ0) is 14.6. The standard InChI is InChI=1S/C12H17N2O3PS2/c1-4-16-18(15,17-5-2)6-10-8-20-12(14-10)11-13-9(3)7-19-11/h7-8H,4-6H2,1-3H3. The van der Waals surface area contributed by atoms with Gasteiger partial charge in [-0.2, -0.15) is 0 Å². The van der Waals surface area contributed by atoms with E-state index in [9.17, 15) is 4.57 Å².